The Morgan fingerprint density at radius 2 is 1.20 bits per heavy atom. The van der Waals surface area contributed by atoms with E-state index in [1.165, 1.54) is 31.4 Å². The van der Waals surface area contributed by atoms with E-state index >= 15 is 0 Å². The highest BCUT2D eigenvalue weighted by atomic mass is 19.4. The van der Waals surface area contributed by atoms with Crippen molar-refractivity contribution in [3.05, 3.63) is 127 Å². The molecular weight excluding hydrogens is 1120 g/mol. The molecule has 0 radical (unpaired) electrons. The second-order valence-electron chi connectivity index (χ2n) is 19.8. The van der Waals surface area contributed by atoms with Gasteiger partial charge < -0.3 is 66.5 Å². The third-order valence-electron chi connectivity index (χ3n) is 13.7. The largest absolute Gasteiger partial charge is 0.479 e. The molecule has 10 rings (SSSR count). The molecule has 4 fully saturated rings. The van der Waals surface area contributed by atoms with Gasteiger partial charge in [-0.2, -0.15) is 41.3 Å². The number of pyridine rings is 2. The fraction of sp³-hybridized carbons (Fsp3) is 0.321. The van der Waals surface area contributed by atoms with Crippen LogP contribution >= 0.6 is 0 Å². The molecule has 0 bridgehead atoms. The average molecular weight is 1180 g/mol. The number of nitrogens with one attached hydrogen (secondary N) is 7. The summed E-state index contributed by atoms with van der Waals surface area (Å²) in [5.74, 6) is -0.531. The van der Waals surface area contributed by atoms with Crippen LogP contribution in [0.4, 0.5) is 95.6 Å². The molecule has 0 spiro atoms. The molecule has 1 atom stereocenters. The van der Waals surface area contributed by atoms with Crippen molar-refractivity contribution in [2.75, 3.05) is 102 Å². The molecule has 23 nitrogen and oxygen atoms in total. The Labute approximate surface area is 482 Å². The summed E-state index contributed by atoms with van der Waals surface area (Å²) in [4.78, 5) is 78.6. The third-order valence-corrected chi connectivity index (χ3v) is 13.7. The summed E-state index contributed by atoms with van der Waals surface area (Å²) in [6, 6.07) is 18.9. The van der Waals surface area contributed by atoms with Crippen molar-refractivity contribution in [2.24, 2.45) is 11.8 Å². The van der Waals surface area contributed by atoms with Gasteiger partial charge in [0.1, 0.15) is 40.1 Å². The van der Waals surface area contributed by atoms with E-state index in [0.29, 0.717) is 99.3 Å². The number of aliphatic hydroxyl groups is 1. The number of hydrogen-bond acceptors (Lipinski definition) is 19. The Bertz CT molecular complexity index is 3450. The maximum atomic E-state index is 13.8. The van der Waals surface area contributed by atoms with E-state index in [-0.39, 0.29) is 64.5 Å². The fourth-order valence-electron chi connectivity index (χ4n) is 9.08. The second kappa shape index (κ2) is 26.3. The van der Waals surface area contributed by atoms with Crippen LogP contribution in [0.15, 0.2) is 111 Å². The number of nitrogens with zero attached hydrogens (tertiary/aromatic N) is 9. The zero-order valence-electron chi connectivity index (χ0n) is 45.6. The number of amides is 4. The summed E-state index contributed by atoms with van der Waals surface area (Å²) >= 11 is 0. The summed E-state index contributed by atoms with van der Waals surface area (Å²) in [7, 11) is 1.43. The normalized spacial score (nSPS) is 16.0. The van der Waals surface area contributed by atoms with Gasteiger partial charge >= 0.3 is 12.4 Å². The molecule has 1 saturated carbocycles. The highest BCUT2D eigenvalue weighted by molar-refractivity contribution is 6.00. The lowest BCUT2D eigenvalue weighted by Gasteiger charge is -2.35. The summed E-state index contributed by atoms with van der Waals surface area (Å²) < 4.78 is 93.3. The number of ether oxygens (including phenoxy) is 2. The Morgan fingerprint density at radius 3 is 1.71 bits per heavy atom. The predicted molar refractivity (Wildman–Crippen MR) is 303 cm³/mol. The smallest absolute Gasteiger partial charge is 0.421 e. The molecule has 1 aliphatic carbocycles. The first-order chi connectivity index (χ1) is 40.8. The number of alkyl halides is 6. The topological polar surface area (TPSA) is 278 Å². The number of piperazine rings is 1. The van der Waals surface area contributed by atoms with Crippen LogP contribution in [-0.4, -0.2) is 134 Å². The van der Waals surface area contributed by atoms with Crippen molar-refractivity contribution in [3.63, 3.8) is 0 Å². The van der Waals surface area contributed by atoms with E-state index in [1.807, 2.05) is 9.80 Å². The molecule has 1 unspecified atom stereocenters. The van der Waals surface area contributed by atoms with Crippen molar-refractivity contribution in [1.82, 2.24) is 39.7 Å². The minimum absolute atomic E-state index is 0.0294. The summed E-state index contributed by atoms with van der Waals surface area (Å²) in [5, 5.41) is 29.4. The number of methoxy groups -OCH3 is 1. The van der Waals surface area contributed by atoms with Gasteiger partial charge in [0.15, 0.2) is 0 Å². The van der Waals surface area contributed by atoms with Gasteiger partial charge in [0.2, 0.25) is 41.4 Å². The van der Waals surface area contributed by atoms with Crippen LogP contribution in [0.5, 0.6) is 5.88 Å². The van der Waals surface area contributed by atoms with Crippen LogP contribution in [0.25, 0.3) is 0 Å². The third kappa shape index (κ3) is 15.5. The molecule has 4 amide bonds. The van der Waals surface area contributed by atoms with Gasteiger partial charge in [0.05, 0.1) is 44.2 Å². The number of aromatic nitrogens is 6. The van der Waals surface area contributed by atoms with Gasteiger partial charge in [0, 0.05) is 86.4 Å². The number of rotatable bonds is 19. The molecule has 6 aromatic rings. The van der Waals surface area contributed by atoms with E-state index < -0.39 is 53.5 Å². The van der Waals surface area contributed by atoms with E-state index in [4.69, 9.17) is 9.47 Å². The lowest BCUT2D eigenvalue weighted by molar-refractivity contribution is -0.148. The molecular formula is C56H58F6N16O7. The first-order valence-electron chi connectivity index (χ1n) is 26.6. The van der Waals surface area contributed by atoms with Gasteiger partial charge in [-0.3, -0.25) is 19.2 Å². The first-order valence-corrected chi connectivity index (χ1v) is 26.6. The number of carbonyl (C=O) groups is 4. The number of anilines is 12. The minimum atomic E-state index is -4.76. The van der Waals surface area contributed by atoms with Gasteiger partial charge in [-0.15, -0.1) is 0 Å². The first kappa shape index (κ1) is 60.0. The van der Waals surface area contributed by atoms with Gasteiger partial charge in [-0.05, 0) is 92.1 Å². The monoisotopic (exact) mass is 1180 g/mol. The van der Waals surface area contributed by atoms with Crippen molar-refractivity contribution in [3.8, 4) is 5.88 Å². The molecule has 3 aliphatic heterocycles. The Balaban J connectivity index is 0.000000204. The van der Waals surface area contributed by atoms with E-state index in [9.17, 15) is 50.6 Å². The second-order valence-corrected chi connectivity index (χ2v) is 19.8. The standard InChI is InChI=1S/C28H29F3N8O4.C28H29F3N8O3/c1-2-24(41)34-17-4-3-5-18(10-17)35-25-20(28(29,30)31)11-32-27(38-25)37-21-6-7-23(36-22(21)13-40)33-19-8-9-39(12-19)26(42)16-14-43-15-16;1-3-23(40)33-18-5-4-6-19(15-18)34-24-20(28(29,30)31)16-32-27(37-24)35-21-9-10-22(36-25(21)42-2)38-11-13-39(14-12-38)26(41)17-7-8-17/h2-7,10-11,16,19,40H,1,8-9,12-15H2,(H,33,36)(H,34,41)(H2,32,35,37,38);3-6,9-10,15-17H,1,7-8,11-14H2,2H3,(H,33,40)(H2,32,34,35,37). The lowest BCUT2D eigenvalue weighted by atomic mass is 10.1. The number of aliphatic hydroxyl groups excluding tert-OH is 1. The molecule has 3 saturated heterocycles. The van der Waals surface area contributed by atoms with Crippen molar-refractivity contribution in [1.29, 1.82) is 0 Å². The van der Waals surface area contributed by atoms with E-state index in [1.54, 1.807) is 53.4 Å². The maximum Gasteiger partial charge on any atom is 0.421 e. The van der Waals surface area contributed by atoms with Crippen molar-refractivity contribution in [2.45, 2.75) is 44.3 Å². The Kier molecular flexibility index (Phi) is 18.6. The highest BCUT2D eigenvalue weighted by Gasteiger charge is 2.39. The van der Waals surface area contributed by atoms with E-state index in [2.05, 4.69) is 80.3 Å². The zero-order chi connectivity index (χ0) is 60.4. The van der Waals surface area contributed by atoms with Crippen LogP contribution in [-0.2, 0) is 42.9 Å². The molecule has 29 heteroatoms. The number of hydrogen-bond donors (Lipinski definition) is 8. The molecule has 4 aliphatic rings. The average Bonchev–Trinajstić information content (AvgIpc) is 3.59. The van der Waals surface area contributed by atoms with Crippen LogP contribution in [0, 0.1) is 11.8 Å². The molecule has 7 heterocycles. The Morgan fingerprint density at radius 1 is 0.659 bits per heavy atom. The van der Waals surface area contributed by atoms with Crippen LogP contribution in [0.3, 0.4) is 0 Å². The minimum Gasteiger partial charge on any atom is -0.479 e. The van der Waals surface area contributed by atoms with Crippen molar-refractivity contribution < 1.29 is 60.1 Å². The van der Waals surface area contributed by atoms with Crippen LogP contribution in [0.2, 0.25) is 0 Å². The van der Waals surface area contributed by atoms with Crippen LogP contribution in [0.1, 0.15) is 36.1 Å². The highest BCUT2D eigenvalue weighted by Crippen LogP contribution is 2.39. The number of likely N-dealkylation sites (tertiary alicyclic amines) is 1. The van der Waals surface area contributed by atoms with Crippen molar-refractivity contribution >= 4 is 92.9 Å². The quantitative estimate of drug-likeness (QED) is 0.0280. The lowest BCUT2D eigenvalue weighted by Crippen LogP contribution is -2.49. The molecule has 4 aromatic heterocycles. The SMILES string of the molecule is C=CC(=O)Nc1cccc(Nc2nc(Nc3ccc(N4CCN(C(=O)C5CC5)CC4)nc3OC)ncc2C(F)(F)F)c1.C=CC(=O)Nc1cccc(Nc2nc(Nc3ccc(NC4CCN(C(=O)C5COC5)C4)nc3CO)ncc2C(F)(F)F)c1. The number of halogens is 6. The Hall–Kier alpha value is -9.64. The molecule has 85 heavy (non-hydrogen) atoms. The summed E-state index contributed by atoms with van der Waals surface area (Å²) in [6.07, 6.45) is -3.35. The molecule has 8 N–H and O–H groups in total. The summed E-state index contributed by atoms with van der Waals surface area (Å²) in [5.41, 5.74) is -0.129. The van der Waals surface area contributed by atoms with Gasteiger partial charge in [0.25, 0.3) is 0 Å². The molecule has 2 aromatic carbocycles. The predicted octanol–water partition coefficient (Wildman–Crippen LogP) is 8.22. The maximum absolute atomic E-state index is 13.8. The molecule has 446 valence electrons. The fourth-order valence-corrected chi connectivity index (χ4v) is 9.08. The number of carbonyl (C=O) groups excluding carboxylic acids is 4. The van der Waals surface area contributed by atoms with E-state index in [0.717, 1.165) is 31.4 Å². The summed E-state index contributed by atoms with van der Waals surface area (Å²) in [6.45, 7) is 10.8. The van der Waals surface area contributed by atoms with Gasteiger partial charge in [-0.1, -0.05) is 25.3 Å². The zero-order valence-corrected chi connectivity index (χ0v) is 45.6. The van der Waals surface area contributed by atoms with Gasteiger partial charge in [-0.25, -0.2) is 15.0 Å². The number of benzene rings is 2. The van der Waals surface area contributed by atoms with Crippen LogP contribution < -0.4 is 46.9 Å².